The number of piperidine rings is 1. The third-order valence-corrected chi connectivity index (χ3v) is 6.75. The SMILES string of the molecule is CCNC(=NCCc1nc(C(C)(C)C)cs1)NC1CCN(c2cccs2)CC1. The second kappa shape index (κ2) is 9.74. The first-order chi connectivity index (χ1) is 13.5. The maximum atomic E-state index is 4.79. The van der Waals surface area contributed by atoms with Crippen LogP contribution in [0.5, 0.6) is 0 Å². The predicted molar refractivity (Wildman–Crippen MR) is 123 cm³/mol. The van der Waals surface area contributed by atoms with Crippen LogP contribution in [-0.4, -0.2) is 43.2 Å². The molecule has 28 heavy (non-hydrogen) atoms. The van der Waals surface area contributed by atoms with Crippen LogP contribution in [0.3, 0.4) is 0 Å². The number of aromatic nitrogens is 1. The van der Waals surface area contributed by atoms with Crippen molar-refractivity contribution in [2.75, 3.05) is 31.1 Å². The van der Waals surface area contributed by atoms with Gasteiger partial charge in [0.1, 0.15) is 0 Å². The molecule has 0 saturated carbocycles. The molecular weight excluding hydrogens is 386 g/mol. The molecule has 7 heteroatoms. The molecule has 2 N–H and O–H groups in total. The molecule has 2 aromatic rings. The van der Waals surface area contributed by atoms with E-state index in [1.165, 1.54) is 15.7 Å². The van der Waals surface area contributed by atoms with E-state index in [0.717, 1.165) is 51.4 Å². The first-order valence-electron chi connectivity index (χ1n) is 10.2. The minimum Gasteiger partial charge on any atom is -0.363 e. The summed E-state index contributed by atoms with van der Waals surface area (Å²) in [6, 6.07) is 4.84. The fraction of sp³-hybridized carbons (Fsp3) is 0.619. The summed E-state index contributed by atoms with van der Waals surface area (Å²) in [7, 11) is 0. The Labute approximate surface area is 177 Å². The Kier molecular flexibility index (Phi) is 7.35. The van der Waals surface area contributed by atoms with E-state index in [9.17, 15) is 0 Å². The van der Waals surface area contributed by atoms with Crippen molar-refractivity contribution >= 4 is 33.6 Å². The van der Waals surface area contributed by atoms with Crippen LogP contribution < -0.4 is 15.5 Å². The number of guanidine groups is 1. The number of thiophene rings is 1. The van der Waals surface area contributed by atoms with E-state index in [4.69, 9.17) is 9.98 Å². The number of rotatable bonds is 6. The van der Waals surface area contributed by atoms with E-state index in [0.29, 0.717) is 6.04 Å². The second-order valence-corrected chi connectivity index (χ2v) is 10.1. The molecule has 154 valence electrons. The Morgan fingerprint density at radius 1 is 1.29 bits per heavy atom. The van der Waals surface area contributed by atoms with Gasteiger partial charge in [0.25, 0.3) is 0 Å². The number of nitrogens with zero attached hydrogens (tertiary/aromatic N) is 3. The van der Waals surface area contributed by atoms with Gasteiger partial charge in [-0.05, 0) is 37.3 Å². The third-order valence-electron chi connectivity index (χ3n) is 4.91. The molecule has 0 radical (unpaired) electrons. The van der Waals surface area contributed by atoms with Crippen molar-refractivity contribution in [3.05, 3.63) is 33.6 Å². The Hall–Kier alpha value is -1.60. The van der Waals surface area contributed by atoms with Gasteiger partial charge in [-0.25, -0.2) is 4.98 Å². The summed E-state index contributed by atoms with van der Waals surface area (Å²) in [4.78, 5) is 12.1. The van der Waals surface area contributed by atoms with Crippen LogP contribution in [0.2, 0.25) is 0 Å². The molecule has 1 aliphatic heterocycles. The van der Waals surface area contributed by atoms with E-state index in [-0.39, 0.29) is 5.41 Å². The number of thiazole rings is 1. The summed E-state index contributed by atoms with van der Waals surface area (Å²) in [6.45, 7) is 12.6. The van der Waals surface area contributed by atoms with Crippen molar-refractivity contribution < 1.29 is 0 Å². The van der Waals surface area contributed by atoms with Crippen LogP contribution in [-0.2, 0) is 11.8 Å². The van der Waals surface area contributed by atoms with Gasteiger partial charge in [0.2, 0.25) is 0 Å². The normalized spacial score (nSPS) is 16.4. The Morgan fingerprint density at radius 2 is 2.07 bits per heavy atom. The highest BCUT2D eigenvalue weighted by Gasteiger charge is 2.21. The zero-order valence-electron chi connectivity index (χ0n) is 17.5. The molecule has 1 fully saturated rings. The molecule has 1 saturated heterocycles. The van der Waals surface area contributed by atoms with Gasteiger partial charge >= 0.3 is 0 Å². The van der Waals surface area contributed by atoms with Crippen molar-refractivity contribution in [2.45, 2.75) is 58.4 Å². The van der Waals surface area contributed by atoms with Crippen LogP contribution in [0.15, 0.2) is 27.9 Å². The maximum Gasteiger partial charge on any atom is 0.191 e. The summed E-state index contributed by atoms with van der Waals surface area (Å²) >= 11 is 3.58. The van der Waals surface area contributed by atoms with E-state index in [2.05, 4.69) is 66.1 Å². The average Bonchev–Trinajstić information content (AvgIpc) is 3.34. The first kappa shape index (κ1) is 21.1. The lowest BCUT2D eigenvalue weighted by Gasteiger charge is -2.33. The smallest absolute Gasteiger partial charge is 0.191 e. The molecule has 0 unspecified atom stereocenters. The van der Waals surface area contributed by atoms with Gasteiger partial charge in [0.05, 0.1) is 15.7 Å². The second-order valence-electron chi connectivity index (χ2n) is 8.24. The highest BCUT2D eigenvalue weighted by atomic mass is 32.1. The summed E-state index contributed by atoms with van der Waals surface area (Å²) in [6.07, 6.45) is 3.18. The molecule has 0 aliphatic carbocycles. The highest BCUT2D eigenvalue weighted by molar-refractivity contribution is 7.14. The van der Waals surface area contributed by atoms with Crippen LogP contribution in [0, 0.1) is 0 Å². The molecule has 0 spiro atoms. The number of hydrogen-bond donors (Lipinski definition) is 2. The molecule has 0 atom stereocenters. The molecule has 0 aromatic carbocycles. The summed E-state index contributed by atoms with van der Waals surface area (Å²) < 4.78 is 0. The minimum atomic E-state index is 0.118. The standard InChI is InChI=1S/C21H33N5S2/c1-5-22-20(23-11-8-18-25-17(15-28-18)21(2,3)4)24-16-9-12-26(13-10-16)19-7-6-14-27-19/h6-7,14-16H,5,8-13H2,1-4H3,(H2,22,23,24). The first-order valence-corrected chi connectivity index (χ1v) is 12.0. The van der Waals surface area contributed by atoms with Crippen LogP contribution in [0.25, 0.3) is 0 Å². The predicted octanol–water partition coefficient (Wildman–Crippen LogP) is 4.27. The maximum absolute atomic E-state index is 4.79. The fourth-order valence-electron chi connectivity index (χ4n) is 3.24. The van der Waals surface area contributed by atoms with Crippen molar-refractivity contribution in [3.63, 3.8) is 0 Å². The Bertz CT molecular complexity index is 737. The summed E-state index contributed by atoms with van der Waals surface area (Å²) in [5, 5.41) is 13.9. The van der Waals surface area contributed by atoms with Crippen molar-refractivity contribution in [3.8, 4) is 0 Å². The number of hydrogen-bond acceptors (Lipinski definition) is 5. The summed E-state index contributed by atoms with van der Waals surface area (Å²) in [5.41, 5.74) is 1.30. The third kappa shape index (κ3) is 5.95. The van der Waals surface area contributed by atoms with Gasteiger partial charge in [0, 0.05) is 49.4 Å². The van der Waals surface area contributed by atoms with Gasteiger partial charge in [-0.3, -0.25) is 4.99 Å². The Balaban J connectivity index is 1.48. The molecule has 3 rings (SSSR count). The largest absolute Gasteiger partial charge is 0.363 e. The quantitative estimate of drug-likeness (QED) is 0.542. The van der Waals surface area contributed by atoms with Crippen molar-refractivity contribution in [1.82, 2.24) is 15.6 Å². The molecule has 1 aliphatic rings. The van der Waals surface area contributed by atoms with E-state index < -0.39 is 0 Å². The van der Waals surface area contributed by atoms with Gasteiger partial charge in [-0.1, -0.05) is 20.8 Å². The van der Waals surface area contributed by atoms with Crippen LogP contribution in [0.4, 0.5) is 5.00 Å². The number of anilines is 1. The van der Waals surface area contributed by atoms with Gasteiger partial charge < -0.3 is 15.5 Å². The molecule has 2 aromatic heterocycles. The molecule has 0 bridgehead atoms. The van der Waals surface area contributed by atoms with Gasteiger partial charge in [-0.2, -0.15) is 0 Å². The molecule has 0 amide bonds. The topological polar surface area (TPSA) is 52.6 Å². The monoisotopic (exact) mass is 419 g/mol. The average molecular weight is 420 g/mol. The minimum absolute atomic E-state index is 0.118. The lowest BCUT2D eigenvalue weighted by Crippen LogP contribution is -2.48. The highest BCUT2D eigenvalue weighted by Crippen LogP contribution is 2.25. The summed E-state index contributed by atoms with van der Waals surface area (Å²) in [5.74, 6) is 0.935. The van der Waals surface area contributed by atoms with E-state index >= 15 is 0 Å². The fourth-order valence-corrected chi connectivity index (χ4v) is 5.04. The molecule has 3 heterocycles. The van der Waals surface area contributed by atoms with E-state index in [1.807, 2.05) is 11.3 Å². The molecular formula is C21H33N5S2. The Morgan fingerprint density at radius 3 is 2.68 bits per heavy atom. The zero-order chi connectivity index (χ0) is 20.0. The van der Waals surface area contributed by atoms with E-state index in [1.54, 1.807) is 11.3 Å². The number of aliphatic imine (C=N–C) groups is 1. The number of nitrogens with one attached hydrogen (secondary N) is 2. The van der Waals surface area contributed by atoms with Crippen LogP contribution >= 0.6 is 22.7 Å². The van der Waals surface area contributed by atoms with Crippen molar-refractivity contribution in [1.29, 1.82) is 0 Å². The van der Waals surface area contributed by atoms with Crippen molar-refractivity contribution in [2.24, 2.45) is 4.99 Å². The van der Waals surface area contributed by atoms with Gasteiger partial charge in [-0.15, -0.1) is 22.7 Å². The lowest BCUT2D eigenvalue weighted by molar-refractivity contribution is 0.463. The molecule has 5 nitrogen and oxygen atoms in total. The van der Waals surface area contributed by atoms with Gasteiger partial charge in [0.15, 0.2) is 5.96 Å². The lowest BCUT2D eigenvalue weighted by atomic mass is 9.93. The zero-order valence-corrected chi connectivity index (χ0v) is 19.1. The van der Waals surface area contributed by atoms with Crippen LogP contribution in [0.1, 0.15) is 51.2 Å².